The summed E-state index contributed by atoms with van der Waals surface area (Å²) < 4.78 is 5.79. The molecule has 1 aliphatic rings. The fourth-order valence-corrected chi connectivity index (χ4v) is 3.12. The van der Waals surface area contributed by atoms with Crippen molar-refractivity contribution in [1.82, 2.24) is 15.2 Å². The van der Waals surface area contributed by atoms with E-state index in [9.17, 15) is 4.79 Å². The van der Waals surface area contributed by atoms with Gasteiger partial charge in [0.2, 0.25) is 11.8 Å². The van der Waals surface area contributed by atoms with E-state index in [1.807, 2.05) is 31.2 Å². The highest BCUT2D eigenvalue weighted by Gasteiger charge is 2.28. The molecule has 2 aromatic rings. The second-order valence-electron chi connectivity index (χ2n) is 5.87. The van der Waals surface area contributed by atoms with Crippen molar-refractivity contribution in [3.8, 4) is 11.5 Å². The molecule has 0 aliphatic carbocycles. The summed E-state index contributed by atoms with van der Waals surface area (Å²) >= 11 is 6.02. The van der Waals surface area contributed by atoms with Crippen LogP contribution in [0.5, 0.6) is 0 Å². The van der Waals surface area contributed by atoms with Gasteiger partial charge in [-0.3, -0.25) is 9.69 Å². The third kappa shape index (κ3) is 3.57. The number of halogens is 1. The largest absolute Gasteiger partial charge is 0.441 e. The highest BCUT2D eigenvalue weighted by atomic mass is 35.5. The number of likely N-dealkylation sites (tertiary alicyclic amines) is 1. The van der Waals surface area contributed by atoms with Crippen LogP contribution in [0.1, 0.15) is 17.9 Å². The SMILES string of the molecule is CNC(=O)[C@H]1CCN(Cc2nc(-c3cccc(Cl)c3)oc2C)C1. The lowest BCUT2D eigenvalue weighted by atomic mass is 10.1. The monoisotopic (exact) mass is 333 g/mol. The van der Waals surface area contributed by atoms with Gasteiger partial charge in [-0.2, -0.15) is 0 Å². The van der Waals surface area contributed by atoms with Crippen LogP contribution in [0.3, 0.4) is 0 Å². The molecule has 1 atom stereocenters. The number of aromatic nitrogens is 1. The van der Waals surface area contributed by atoms with Crippen molar-refractivity contribution in [3.05, 3.63) is 40.7 Å². The average molecular weight is 334 g/mol. The molecule has 5 nitrogen and oxygen atoms in total. The summed E-state index contributed by atoms with van der Waals surface area (Å²) in [5, 5.41) is 3.38. The van der Waals surface area contributed by atoms with E-state index in [0.29, 0.717) is 17.5 Å². The van der Waals surface area contributed by atoms with E-state index in [0.717, 1.165) is 36.5 Å². The summed E-state index contributed by atoms with van der Waals surface area (Å²) in [4.78, 5) is 18.6. The van der Waals surface area contributed by atoms with E-state index in [1.165, 1.54) is 0 Å². The first-order valence-corrected chi connectivity index (χ1v) is 8.11. The van der Waals surface area contributed by atoms with E-state index in [-0.39, 0.29) is 11.8 Å². The molecular weight excluding hydrogens is 314 g/mol. The molecule has 1 amide bonds. The maximum atomic E-state index is 11.7. The summed E-state index contributed by atoms with van der Waals surface area (Å²) in [5.41, 5.74) is 1.79. The van der Waals surface area contributed by atoms with Crippen molar-refractivity contribution in [1.29, 1.82) is 0 Å². The molecule has 0 radical (unpaired) electrons. The average Bonchev–Trinajstić information content (AvgIpc) is 3.14. The number of amides is 1. The zero-order chi connectivity index (χ0) is 16.4. The quantitative estimate of drug-likeness (QED) is 0.934. The normalized spacial score (nSPS) is 18.3. The lowest BCUT2D eigenvalue weighted by molar-refractivity contribution is -0.124. The zero-order valence-corrected chi connectivity index (χ0v) is 14.1. The maximum Gasteiger partial charge on any atom is 0.226 e. The number of rotatable bonds is 4. The van der Waals surface area contributed by atoms with Crippen molar-refractivity contribution >= 4 is 17.5 Å². The Hall–Kier alpha value is -1.85. The van der Waals surface area contributed by atoms with Gasteiger partial charge in [-0.25, -0.2) is 4.98 Å². The molecule has 6 heteroatoms. The molecule has 3 rings (SSSR count). The Labute approximate surface area is 140 Å². The number of carbonyl (C=O) groups is 1. The molecule has 0 saturated carbocycles. The molecule has 1 aliphatic heterocycles. The topological polar surface area (TPSA) is 58.4 Å². The Morgan fingerprint density at radius 1 is 1.52 bits per heavy atom. The highest BCUT2D eigenvalue weighted by Crippen LogP contribution is 2.26. The highest BCUT2D eigenvalue weighted by molar-refractivity contribution is 6.30. The smallest absolute Gasteiger partial charge is 0.226 e. The van der Waals surface area contributed by atoms with Gasteiger partial charge in [0.15, 0.2) is 0 Å². The first-order valence-electron chi connectivity index (χ1n) is 7.73. The molecule has 1 aromatic carbocycles. The number of benzene rings is 1. The van der Waals surface area contributed by atoms with Crippen LogP contribution in [0.2, 0.25) is 5.02 Å². The van der Waals surface area contributed by atoms with E-state index in [4.69, 9.17) is 16.0 Å². The summed E-state index contributed by atoms with van der Waals surface area (Å²) in [6.07, 6.45) is 0.887. The van der Waals surface area contributed by atoms with E-state index in [1.54, 1.807) is 7.05 Å². The van der Waals surface area contributed by atoms with Crippen LogP contribution >= 0.6 is 11.6 Å². The third-order valence-corrected chi connectivity index (χ3v) is 4.46. The molecule has 122 valence electrons. The number of hydrogen-bond donors (Lipinski definition) is 1. The molecule has 0 bridgehead atoms. The van der Waals surface area contributed by atoms with Gasteiger partial charge in [-0.05, 0) is 38.1 Å². The number of hydrogen-bond acceptors (Lipinski definition) is 4. The van der Waals surface area contributed by atoms with Gasteiger partial charge >= 0.3 is 0 Å². The van der Waals surface area contributed by atoms with Gasteiger partial charge in [0.1, 0.15) is 5.76 Å². The minimum atomic E-state index is 0.0691. The predicted octanol–water partition coefficient (Wildman–Crippen LogP) is 2.87. The van der Waals surface area contributed by atoms with Crippen molar-refractivity contribution in [2.75, 3.05) is 20.1 Å². The maximum absolute atomic E-state index is 11.7. The Kier molecular flexibility index (Phi) is 4.68. The second kappa shape index (κ2) is 6.72. The molecule has 1 fully saturated rings. The first-order chi connectivity index (χ1) is 11.1. The second-order valence-corrected chi connectivity index (χ2v) is 6.30. The fourth-order valence-electron chi connectivity index (χ4n) is 2.93. The number of nitrogens with zero attached hydrogens (tertiary/aromatic N) is 2. The van der Waals surface area contributed by atoms with Gasteiger partial charge in [0.05, 0.1) is 11.6 Å². The van der Waals surface area contributed by atoms with E-state index in [2.05, 4.69) is 15.2 Å². The summed E-state index contributed by atoms with van der Waals surface area (Å²) in [5.74, 6) is 1.58. The van der Waals surface area contributed by atoms with Crippen LogP contribution in [0, 0.1) is 12.8 Å². The zero-order valence-electron chi connectivity index (χ0n) is 13.3. The van der Waals surface area contributed by atoms with Crippen molar-refractivity contribution in [2.24, 2.45) is 5.92 Å². The molecule has 0 unspecified atom stereocenters. The third-order valence-electron chi connectivity index (χ3n) is 4.23. The van der Waals surface area contributed by atoms with Gasteiger partial charge in [-0.1, -0.05) is 17.7 Å². The Bertz CT molecular complexity index is 714. The number of aryl methyl sites for hydroxylation is 1. The van der Waals surface area contributed by atoms with E-state index >= 15 is 0 Å². The first kappa shape index (κ1) is 16.0. The molecule has 1 N–H and O–H groups in total. The van der Waals surface area contributed by atoms with Crippen LogP contribution in [-0.2, 0) is 11.3 Å². The van der Waals surface area contributed by atoms with Gasteiger partial charge in [0.25, 0.3) is 0 Å². The van der Waals surface area contributed by atoms with E-state index < -0.39 is 0 Å². The molecule has 23 heavy (non-hydrogen) atoms. The molecule has 1 aromatic heterocycles. The standard InChI is InChI=1S/C17H20ClN3O2/c1-11-15(10-21-7-6-13(9-21)16(22)19-2)20-17(23-11)12-4-3-5-14(18)8-12/h3-5,8,13H,6-7,9-10H2,1-2H3,(H,19,22)/t13-/m0/s1. The van der Waals surface area contributed by atoms with Crippen molar-refractivity contribution in [3.63, 3.8) is 0 Å². The Morgan fingerprint density at radius 2 is 2.35 bits per heavy atom. The van der Waals surface area contributed by atoms with Gasteiger partial charge in [0, 0.05) is 30.7 Å². The molecular formula is C17H20ClN3O2. The van der Waals surface area contributed by atoms with Gasteiger partial charge in [-0.15, -0.1) is 0 Å². The predicted molar refractivity (Wildman–Crippen MR) is 89.1 cm³/mol. The molecule has 0 spiro atoms. The lowest BCUT2D eigenvalue weighted by Gasteiger charge is -2.14. The lowest BCUT2D eigenvalue weighted by Crippen LogP contribution is -2.30. The number of nitrogens with one attached hydrogen (secondary N) is 1. The van der Waals surface area contributed by atoms with Crippen molar-refractivity contribution in [2.45, 2.75) is 19.9 Å². The van der Waals surface area contributed by atoms with Crippen LogP contribution in [0.15, 0.2) is 28.7 Å². The Morgan fingerprint density at radius 3 is 3.09 bits per heavy atom. The molecule has 2 heterocycles. The fraction of sp³-hybridized carbons (Fsp3) is 0.412. The van der Waals surface area contributed by atoms with Crippen molar-refractivity contribution < 1.29 is 9.21 Å². The van der Waals surface area contributed by atoms with Gasteiger partial charge < -0.3 is 9.73 Å². The summed E-state index contributed by atoms with van der Waals surface area (Å²) in [7, 11) is 1.68. The van der Waals surface area contributed by atoms with Crippen LogP contribution in [0.25, 0.3) is 11.5 Å². The number of oxazole rings is 1. The summed E-state index contributed by atoms with van der Waals surface area (Å²) in [6, 6.07) is 7.47. The molecule has 1 saturated heterocycles. The summed E-state index contributed by atoms with van der Waals surface area (Å²) in [6.45, 7) is 4.28. The Balaban J connectivity index is 1.71. The number of carbonyl (C=O) groups excluding carboxylic acids is 1. The van der Waals surface area contributed by atoms with Crippen LogP contribution in [0.4, 0.5) is 0 Å². The minimum absolute atomic E-state index is 0.0691. The van der Waals surface area contributed by atoms with Crippen LogP contribution in [-0.4, -0.2) is 35.9 Å². The van der Waals surface area contributed by atoms with Crippen LogP contribution < -0.4 is 5.32 Å². The minimum Gasteiger partial charge on any atom is -0.441 e.